The minimum atomic E-state index is -0.0411. The van der Waals surface area contributed by atoms with Gasteiger partial charge < -0.3 is 10.6 Å². The van der Waals surface area contributed by atoms with Gasteiger partial charge in [-0.2, -0.15) is 5.26 Å². The van der Waals surface area contributed by atoms with Crippen LogP contribution >= 0.6 is 0 Å². The Bertz CT molecular complexity index is 779. The minimum absolute atomic E-state index is 0.0411. The van der Waals surface area contributed by atoms with Crippen molar-refractivity contribution in [3.63, 3.8) is 0 Å². The second-order valence-electron chi connectivity index (χ2n) is 5.04. The van der Waals surface area contributed by atoms with Gasteiger partial charge in [0.05, 0.1) is 11.9 Å². The van der Waals surface area contributed by atoms with Crippen LogP contribution in [0.4, 0.5) is 5.82 Å². The summed E-state index contributed by atoms with van der Waals surface area (Å²) in [6.07, 6.45) is 1.98. The summed E-state index contributed by atoms with van der Waals surface area (Å²) >= 11 is 0. The molecule has 110 valence electrons. The van der Waals surface area contributed by atoms with Gasteiger partial charge in [-0.25, -0.2) is 9.97 Å². The molecule has 6 nitrogen and oxygen atoms in total. The van der Waals surface area contributed by atoms with Gasteiger partial charge in [-0.15, -0.1) is 0 Å². The van der Waals surface area contributed by atoms with E-state index < -0.39 is 0 Å². The normalized spacial score (nSPS) is 12.5. The number of rotatable bonds is 4. The van der Waals surface area contributed by atoms with E-state index in [0.717, 1.165) is 17.7 Å². The summed E-state index contributed by atoms with van der Waals surface area (Å²) in [4.78, 5) is 20.3. The first kappa shape index (κ1) is 14.0. The van der Waals surface area contributed by atoms with E-state index in [9.17, 15) is 4.79 Å². The van der Waals surface area contributed by atoms with Gasteiger partial charge in [-0.3, -0.25) is 4.79 Å². The molecule has 1 amide bonds. The molecule has 0 radical (unpaired) electrons. The molecule has 0 atom stereocenters. The summed E-state index contributed by atoms with van der Waals surface area (Å²) in [5.41, 5.74) is 3.69. The molecule has 2 N–H and O–H groups in total. The molecule has 0 fully saturated rings. The van der Waals surface area contributed by atoms with E-state index in [4.69, 9.17) is 5.26 Å². The quantitative estimate of drug-likeness (QED) is 0.893. The summed E-state index contributed by atoms with van der Waals surface area (Å²) in [5, 5.41) is 14.9. The average Bonchev–Trinajstić information content (AvgIpc) is 2.90. The first-order valence-corrected chi connectivity index (χ1v) is 7.11. The molecule has 0 bridgehead atoms. The van der Waals surface area contributed by atoms with Gasteiger partial charge in [0, 0.05) is 25.1 Å². The van der Waals surface area contributed by atoms with Crippen molar-refractivity contribution in [2.75, 3.05) is 11.9 Å². The molecular formula is C16H15N5O. The Labute approximate surface area is 128 Å². The number of nitrogens with zero attached hydrogens (tertiary/aromatic N) is 3. The van der Waals surface area contributed by atoms with Crippen molar-refractivity contribution in [1.29, 1.82) is 5.26 Å². The topological polar surface area (TPSA) is 90.7 Å². The maximum Gasteiger partial charge on any atom is 0.251 e. The molecule has 1 aromatic carbocycles. The predicted octanol–water partition coefficient (Wildman–Crippen LogP) is 1.61. The van der Waals surface area contributed by atoms with Crippen molar-refractivity contribution in [1.82, 2.24) is 15.3 Å². The van der Waals surface area contributed by atoms with E-state index in [2.05, 4.69) is 20.6 Å². The van der Waals surface area contributed by atoms with Gasteiger partial charge in [0.1, 0.15) is 11.9 Å². The van der Waals surface area contributed by atoms with Crippen molar-refractivity contribution in [3.05, 3.63) is 52.5 Å². The maximum atomic E-state index is 11.7. The molecule has 0 saturated carbocycles. The van der Waals surface area contributed by atoms with Gasteiger partial charge in [-0.05, 0) is 24.1 Å². The molecule has 1 aliphatic heterocycles. The number of anilines is 1. The predicted molar refractivity (Wildman–Crippen MR) is 81.3 cm³/mol. The molecule has 0 saturated heterocycles. The van der Waals surface area contributed by atoms with Gasteiger partial charge in [0.15, 0.2) is 5.69 Å². The fourth-order valence-corrected chi connectivity index (χ4v) is 2.48. The van der Waals surface area contributed by atoms with Crippen LogP contribution in [0.25, 0.3) is 0 Å². The molecule has 0 unspecified atom stereocenters. The average molecular weight is 293 g/mol. The second-order valence-corrected chi connectivity index (χ2v) is 5.04. The molecule has 2 aromatic rings. The van der Waals surface area contributed by atoms with Crippen LogP contribution in [-0.4, -0.2) is 22.4 Å². The highest BCUT2D eigenvalue weighted by molar-refractivity contribution is 5.98. The number of nitrogens with one attached hydrogen (secondary N) is 2. The zero-order valence-electron chi connectivity index (χ0n) is 12.2. The van der Waals surface area contributed by atoms with Crippen molar-refractivity contribution in [3.8, 4) is 6.07 Å². The number of hydrogen-bond acceptors (Lipinski definition) is 5. The lowest BCUT2D eigenvalue weighted by Gasteiger charge is -2.09. The van der Waals surface area contributed by atoms with Gasteiger partial charge in [0.2, 0.25) is 0 Å². The summed E-state index contributed by atoms with van der Waals surface area (Å²) in [6, 6.07) is 7.83. The number of benzene rings is 1. The van der Waals surface area contributed by atoms with E-state index >= 15 is 0 Å². The van der Waals surface area contributed by atoms with E-state index in [1.165, 1.54) is 6.20 Å². The number of fused-ring (bicyclic) bond motifs is 1. The van der Waals surface area contributed by atoms with E-state index in [0.29, 0.717) is 30.0 Å². The van der Waals surface area contributed by atoms with E-state index in [-0.39, 0.29) is 11.6 Å². The summed E-state index contributed by atoms with van der Waals surface area (Å²) in [7, 11) is 0. The largest absolute Gasteiger partial charge is 0.369 e. The highest BCUT2D eigenvalue weighted by atomic mass is 16.1. The molecule has 6 heteroatoms. The lowest BCUT2D eigenvalue weighted by atomic mass is 10.0. The smallest absolute Gasteiger partial charge is 0.251 e. The molecule has 2 heterocycles. The third-order valence-corrected chi connectivity index (χ3v) is 3.53. The molecular weight excluding hydrogens is 278 g/mol. The van der Waals surface area contributed by atoms with Crippen molar-refractivity contribution in [2.45, 2.75) is 19.9 Å². The van der Waals surface area contributed by atoms with Gasteiger partial charge in [-0.1, -0.05) is 12.1 Å². The number of nitriles is 1. The second kappa shape index (κ2) is 5.82. The Morgan fingerprint density at radius 1 is 1.45 bits per heavy atom. The zero-order chi connectivity index (χ0) is 15.5. The number of hydrogen-bond donors (Lipinski definition) is 2. The lowest BCUT2D eigenvalue weighted by molar-refractivity contribution is 0.0965. The van der Waals surface area contributed by atoms with Gasteiger partial charge in [0.25, 0.3) is 5.91 Å². The van der Waals surface area contributed by atoms with E-state index in [1.807, 2.05) is 31.2 Å². The van der Waals surface area contributed by atoms with Crippen LogP contribution in [0, 0.1) is 11.3 Å². The first-order valence-electron chi connectivity index (χ1n) is 7.11. The molecule has 1 aromatic heterocycles. The number of amides is 1. The van der Waals surface area contributed by atoms with E-state index in [1.54, 1.807) is 0 Å². The van der Waals surface area contributed by atoms with Crippen molar-refractivity contribution < 1.29 is 4.79 Å². The molecule has 0 spiro atoms. The fraction of sp³-hybridized carbons (Fsp3) is 0.250. The van der Waals surface area contributed by atoms with Crippen molar-refractivity contribution >= 4 is 11.7 Å². The van der Waals surface area contributed by atoms with Crippen LogP contribution in [0.2, 0.25) is 0 Å². The molecule has 0 aliphatic carbocycles. The van der Waals surface area contributed by atoms with Crippen molar-refractivity contribution in [2.24, 2.45) is 0 Å². The first-order chi connectivity index (χ1) is 10.7. The summed E-state index contributed by atoms with van der Waals surface area (Å²) in [6.45, 7) is 3.28. The number of carbonyl (C=O) groups excluding carboxylic acids is 1. The Hall–Kier alpha value is -2.94. The Kier molecular flexibility index (Phi) is 3.71. The van der Waals surface area contributed by atoms with Crippen LogP contribution in [-0.2, 0) is 13.0 Å². The molecule has 1 aliphatic rings. The number of aromatic nitrogens is 2. The van der Waals surface area contributed by atoms with Crippen LogP contribution in [0.1, 0.15) is 39.8 Å². The Morgan fingerprint density at radius 3 is 3.09 bits per heavy atom. The maximum absolute atomic E-state index is 11.7. The highest BCUT2D eigenvalue weighted by Crippen LogP contribution is 2.21. The SMILES string of the molecule is CCNc1ncc(C#N)nc1Cc1ccc2c(c1)C(=O)NC2. The highest BCUT2D eigenvalue weighted by Gasteiger charge is 2.19. The van der Waals surface area contributed by atoms with Gasteiger partial charge >= 0.3 is 0 Å². The molecule has 22 heavy (non-hydrogen) atoms. The molecule has 3 rings (SSSR count). The number of carbonyl (C=O) groups is 1. The van der Waals surface area contributed by atoms with Crippen LogP contribution < -0.4 is 10.6 Å². The van der Waals surface area contributed by atoms with Crippen LogP contribution in [0.15, 0.2) is 24.4 Å². The third-order valence-electron chi connectivity index (χ3n) is 3.53. The Morgan fingerprint density at radius 2 is 2.32 bits per heavy atom. The fourth-order valence-electron chi connectivity index (χ4n) is 2.48. The minimum Gasteiger partial charge on any atom is -0.369 e. The Balaban J connectivity index is 1.94. The monoisotopic (exact) mass is 293 g/mol. The summed E-state index contributed by atoms with van der Waals surface area (Å²) < 4.78 is 0. The standard InChI is InChI=1S/C16H15N5O/c1-2-18-15-14(21-12(7-17)9-19-15)6-10-3-4-11-8-20-16(22)13(11)5-10/h3-5,9H,2,6,8H2,1H3,(H,18,19)(H,20,22). The van der Waals surface area contributed by atoms with Crippen LogP contribution in [0.3, 0.4) is 0 Å². The summed E-state index contributed by atoms with van der Waals surface area (Å²) in [5.74, 6) is 0.632. The lowest BCUT2D eigenvalue weighted by Crippen LogP contribution is -2.12. The zero-order valence-corrected chi connectivity index (χ0v) is 12.2. The van der Waals surface area contributed by atoms with Crippen LogP contribution in [0.5, 0.6) is 0 Å². The third kappa shape index (κ3) is 2.61.